The highest BCUT2D eigenvalue weighted by Gasteiger charge is 2.24. The number of hydrogen-bond donors (Lipinski definition) is 1. The van der Waals surface area contributed by atoms with Gasteiger partial charge in [-0.2, -0.15) is 5.26 Å². The van der Waals surface area contributed by atoms with Gasteiger partial charge >= 0.3 is 0 Å². The molecule has 2 heterocycles. The Kier molecular flexibility index (Phi) is 3.42. The van der Waals surface area contributed by atoms with E-state index in [0.29, 0.717) is 16.7 Å². The maximum Gasteiger partial charge on any atom is 0.151 e. The van der Waals surface area contributed by atoms with Crippen molar-refractivity contribution in [3.05, 3.63) is 17.8 Å². The summed E-state index contributed by atoms with van der Waals surface area (Å²) in [4.78, 5) is 6.58. The van der Waals surface area contributed by atoms with Crippen molar-refractivity contribution in [2.75, 3.05) is 23.7 Å². The molecule has 96 valence electrons. The van der Waals surface area contributed by atoms with Crippen LogP contribution in [0.1, 0.15) is 38.7 Å². The molecule has 4 heteroatoms. The van der Waals surface area contributed by atoms with Crippen LogP contribution < -0.4 is 10.6 Å². The second-order valence-electron chi connectivity index (χ2n) is 5.75. The number of pyridine rings is 1. The summed E-state index contributed by atoms with van der Waals surface area (Å²) in [5, 5.41) is 8.82. The van der Waals surface area contributed by atoms with Crippen LogP contribution in [0.4, 0.5) is 11.5 Å². The normalized spacial score (nSPS) is 19.1. The first-order chi connectivity index (χ1) is 8.52. The Bertz CT molecular complexity index is 473. The van der Waals surface area contributed by atoms with Crippen molar-refractivity contribution in [1.29, 1.82) is 5.26 Å². The molecule has 0 radical (unpaired) electrons. The fraction of sp³-hybridized carbons (Fsp3) is 0.571. The number of anilines is 2. The molecule has 1 saturated heterocycles. The fourth-order valence-electron chi connectivity index (χ4n) is 2.43. The van der Waals surface area contributed by atoms with E-state index in [1.165, 1.54) is 6.42 Å². The average molecular weight is 244 g/mol. The molecule has 0 atom stereocenters. The van der Waals surface area contributed by atoms with Crippen molar-refractivity contribution in [1.82, 2.24) is 4.98 Å². The first kappa shape index (κ1) is 12.7. The van der Waals surface area contributed by atoms with Crippen molar-refractivity contribution in [3.63, 3.8) is 0 Å². The molecule has 1 aliphatic rings. The van der Waals surface area contributed by atoms with Crippen LogP contribution in [-0.2, 0) is 0 Å². The molecule has 1 fully saturated rings. The Morgan fingerprint density at radius 1 is 1.39 bits per heavy atom. The van der Waals surface area contributed by atoms with Crippen LogP contribution in [-0.4, -0.2) is 18.1 Å². The monoisotopic (exact) mass is 244 g/mol. The number of nitrogen functional groups attached to an aromatic ring is 1. The molecule has 0 bridgehead atoms. The molecule has 0 saturated carbocycles. The van der Waals surface area contributed by atoms with Gasteiger partial charge < -0.3 is 10.6 Å². The van der Waals surface area contributed by atoms with E-state index in [9.17, 15) is 0 Å². The van der Waals surface area contributed by atoms with Crippen molar-refractivity contribution in [3.8, 4) is 6.07 Å². The van der Waals surface area contributed by atoms with Gasteiger partial charge in [0.15, 0.2) is 5.82 Å². The van der Waals surface area contributed by atoms with Gasteiger partial charge in [-0.3, -0.25) is 0 Å². The molecule has 0 aromatic carbocycles. The zero-order valence-electron chi connectivity index (χ0n) is 11.1. The minimum Gasteiger partial charge on any atom is -0.396 e. The van der Waals surface area contributed by atoms with E-state index in [1.54, 1.807) is 12.3 Å². The predicted octanol–water partition coefficient (Wildman–Crippen LogP) is 2.55. The number of nitrogens with zero attached hydrogens (tertiary/aromatic N) is 3. The van der Waals surface area contributed by atoms with E-state index in [1.807, 2.05) is 0 Å². The van der Waals surface area contributed by atoms with Crippen LogP contribution in [0.5, 0.6) is 0 Å². The summed E-state index contributed by atoms with van der Waals surface area (Å²) in [7, 11) is 0. The molecule has 4 nitrogen and oxygen atoms in total. The topological polar surface area (TPSA) is 65.9 Å². The summed E-state index contributed by atoms with van der Waals surface area (Å²) < 4.78 is 0. The van der Waals surface area contributed by atoms with Gasteiger partial charge in [-0.25, -0.2) is 4.98 Å². The van der Waals surface area contributed by atoms with E-state index in [2.05, 4.69) is 29.8 Å². The van der Waals surface area contributed by atoms with Gasteiger partial charge in [0, 0.05) is 19.3 Å². The lowest BCUT2D eigenvalue weighted by molar-refractivity contribution is 0.325. The van der Waals surface area contributed by atoms with Gasteiger partial charge in [0.2, 0.25) is 0 Å². The highest BCUT2D eigenvalue weighted by molar-refractivity contribution is 5.64. The summed E-state index contributed by atoms with van der Waals surface area (Å²) in [6.07, 6.45) is 5.14. The van der Waals surface area contributed by atoms with E-state index in [0.717, 1.165) is 31.7 Å². The smallest absolute Gasteiger partial charge is 0.151 e. The third-order valence-electron chi connectivity index (χ3n) is 3.66. The number of aromatic nitrogens is 1. The lowest BCUT2D eigenvalue weighted by Gasteiger charge is -2.24. The summed E-state index contributed by atoms with van der Waals surface area (Å²) in [5.41, 5.74) is 7.52. The predicted molar refractivity (Wildman–Crippen MR) is 73.2 cm³/mol. The molecule has 0 spiro atoms. The Hall–Kier alpha value is -1.76. The van der Waals surface area contributed by atoms with Gasteiger partial charge in [-0.15, -0.1) is 0 Å². The fourth-order valence-corrected chi connectivity index (χ4v) is 2.43. The van der Waals surface area contributed by atoms with Gasteiger partial charge in [0.05, 0.1) is 11.3 Å². The first-order valence-electron chi connectivity index (χ1n) is 6.42. The molecule has 0 amide bonds. The number of nitrogens with two attached hydrogens (primary N) is 1. The molecule has 18 heavy (non-hydrogen) atoms. The lowest BCUT2D eigenvalue weighted by Crippen LogP contribution is -2.26. The average Bonchev–Trinajstić information content (AvgIpc) is 2.50. The van der Waals surface area contributed by atoms with Gasteiger partial charge in [0.1, 0.15) is 6.07 Å². The van der Waals surface area contributed by atoms with Gasteiger partial charge in [0.25, 0.3) is 0 Å². The molecule has 1 aromatic heterocycles. The highest BCUT2D eigenvalue weighted by atomic mass is 15.2. The molecular weight excluding hydrogens is 224 g/mol. The standard InChI is InChI=1S/C14H20N4/c1-14(2)4-3-6-18(7-5-14)13-12(16)8-11(9-15)10-17-13/h8,10H,3-7,16H2,1-2H3. The Balaban J connectivity index is 2.19. The number of nitriles is 1. The Labute approximate surface area is 108 Å². The zero-order chi connectivity index (χ0) is 13.2. The van der Waals surface area contributed by atoms with Crippen LogP contribution in [0.3, 0.4) is 0 Å². The van der Waals surface area contributed by atoms with Crippen LogP contribution >= 0.6 is 0 Å². The van der Waals surface area contributed by atoms with Crippen LogP contribution in [0.25, 0.3) is 0 Å². The van der Waals surface area contributed by atoms with Crippen molar-refractivity contribution < 1.29 is 0 Å². The molecule has 2 N–H and O–H groups in total. The zero-order valence-corrected chi connectivity index (χ0v) is 11.1. The second-order valence-corrected chi connectivity index (χ2v) is 5.75. The Morgan fingerprint density at radius 2 is 2.17 bits per heavy atom. The van der Waals surface area contributed by atoms with E-state index >= 15 is 0 Å². The lowest BCUT2D eigenvalue weighted by atomic mass is 9.85. The van der Waals surface area contributed by atoms with E-state index in [4.69, 9.17) is 11.0 Å². The minimum atomic E-state index is 0.399. The quantitative estimate of drug-likeness (QED) is 0.824. The third kappa shape index (κ3) is 2.73. The third-order valence-corrected chi connectivity index (χ3v) is 3.66. The number of hydrogen-bond acceptors (Lipinski definition) is 4. The van der Waals surface area contributed by atoms with Crippen LogP contribution in [0.2, 0.25) is 0 Å². The first-order valence-corrected chi connectivity index (χ1v) is 6.42. The molecule has 1 aromatic rings. The maximum atomic E-state index is 8.82. The Morgan fingerprint density at radius 3 is 2.83 bits per heavy atom. The molecule has 1 aliphatic heterocycles. The molecular formula is C14H20N4. The number of rotatable bonds is 1. The minimum absolute atomic E-state index is 0.399. The summed E-state index contributed by atoms with van der Waals surface area (Å²) in [5.74, 6) is 0.826. The van der Waals surface area contributed by atoms with Crippen molar-refractivity contribution >= 4 is 11.5 Å². The maximum absolute atomic E-state index is 8.82. The summed E-state index contributed by atoms with van der Waals surface area (Å²) >= 11 is 0. The van der Waals surface area contributed by atoms with Crippen LogP contribution in [0.15, 0.2) is 12.3 Å². The van der Waals surface area contributed by atoms with Crippen molar-refractivity contribution in [2.24, 2.45) is 5.41 Å². The molecule has 0 unspecified atom stereocenters. The van der Waals surface area contributed by atoms with Crippen LogP contribution in [0, 0.1) is 16.7 Å². The molecule has 0 aliphatic carbocycles. The largest absolute Gasteiger partial charge is 0.396 e. The SMILES string of the molecule is CC1(C)CCCN(c2ncc(C#N)cc2N)CC1. The van der Waals surface area contributed by atoms with E-state index in [-0.39, 0.29) is 0 Å². The van der Waals surface area contributed by atoms with Crippen molar-refractivity contribution in [2.45, 2.75) is 33.1 Å². The second kappa shape index (κ2) is 4.85. The van der Waals surface area contributed by atoms with E-state index < -0.39 is 0 Å². The molecule has 2 rings (SSSR count). The highest BCUT2D eigenvalue weighted by Crippen LogP contribution is 2.32. The summed E-state index contributed by atoms with van der Waals surface area (Å²) in [6, 6.07) is 3.77. The van der Waals surface area contributed by atoms with Gasteiger partial charge in [-0.05, 0) is 30.7 Å². The summed E-state index contributed by atoms with van der Waals surface area (Å²) in [6.45, 7) is 6.60. The van der Waals surface area contributed by atoms with Gasteiger partial charge in [-0.1, -0.05) is 13.8 Å².